The Kier molecular flexibility index (Phi) is 7.37. The van der Waals surface area contributed by atoms with Gasteiger partial charge in [0.25, 0.3) is 0 Å². The Hall–Kier alpha value is -3.24. The molecular weight excluding hydrogens is 454 g/mol. The second-order valence-electron chi connectivity index (χ2n) is 10.1. The van der Waals surface area contributed by atoms with E-state index in [2.05, 4.69) is 9.97 Å². The molecule has 190 valence electrons. The van der Waals surface area contributed by atoms with Crippen LogP contribution in [-0.4, -0.2) is 53.7 Å². The van der Waals surface area contributed by atoms with Crippen molar-refractivity contribution in [1.82, 2.24) is 9.97 Å². The van der Waals surface area contributed by atoms with Crippen molar-refractivity contribution in [2.45, 2.75) is 65.5 Å². The number of rotatable bonds is 4. The summed E-state index contributed by atoms with van der Waals surface area (Å²) < 4.78 is 27.9. The molecular formula is C25H33N3O7. The predicted molar refractivity (Wildman–Crippen MR) is 128 cm³/mol. The van der Waals surface area contributed by atoms with Gasteiger partial charge in [0.15, 0.2) is 0 Å². The fourth-order valence-electron chi connectivity index (χ4n) is 3.27. The number of carbonyl (C=O) groups excluding carboxylic acids is 2. The van der Waals surface area contributed by atoms with E-state index in [1.807, 2.05) is 0 Å². The van der Waals surface area contributed by atoms with E-state index in [1.54, 1.807) is 72.7 Å². The van der Waals surface area contributed by atoms with E-state index in [9.17, 15) is 9.59 Å². The molecule has 1 aliphatic heterocycles. The van der Waals surface area contributed by atoms with Crippen LogP contribution in [0, 0.1) is 0 Å². The lowest BCUT2D eigenvalue weighted by molar-refractivity contribution is -0.152. The normalized spacial score (nSPS) is 15.4. The van der Waals surface area contributed by atoms with Gasteiger partial charge in [-0.05, 0) is 72.7 Å². The molecule has 10 heteroatoms. The van der Waals surface area contributed by atoms with Crippen LogP contribution in [0.1, 0.15) is 54.2 Å². The number of imide groups is 1. The Morgan fingerprint density at radius 1 is 0.914 bits per heavy atom. The van der Waals surface area contributed by atoms with Crippen LogP contribution in [0.4, 0.5) is 15.4 Å². The van der Waals surface area contributed by atoms with Crippen molar-refractivity contribution in [3.63, 3.8) is 0 Å². The van der Waals surface area contributed by atoms with Gasteiger partial charge < -0.3 is 23.7 Å². The number of pyridine rings is 2. The second kappa shape index (κ2) is 9.79. The number of methoxy groups -OCH3 is 1. The highest BCUT2D eigenvalue weighted by Crippen LogP contribution is 2.35. The van der Waals surface area contributed by atoms with Gasteiger partial charge in [-0.25, -0.2) is 19.6 Å². The molecule has 0 aromatic carbocycles. The Labute approximate surface area is 205 Å². The van der Waals surface area contributed by atoms with E-state index in [0.29, 0.717) is 36.0 Å². The quantitative estimate of drug-likeness (QED) is 0.585. The first-order chi connectivity index (χ1) is 16.2. The standard InChI is InChI=1S/C25H33N3O7/c1-23(2,3)34-21(29)28(22(30)35-24(4,5)6)19-11-9-10-16(26-19)20-17(31-8)12-13-18(27-20)25(7)32-14-15-33-25/h9-13H,14-15H2,1-8H3. The Morgan fingerprint density at radius 2 is 1.49 bits per heavy atom. The van der Waals surface area contributed by atoms with Crippen molar-refractivity contribution in [2.75, 3.05) is 25.2 Å². The molecule has 1 aliphatic rings. The molecule has 2 aromatic heterocycles. The summed E-state index contributed by atoms with van der Waals surface area (Å²) in [7, 11) is 1.52. The van der Waals surface area contributed by atoms with Crippen molar-refractivity contribution in [3.05, 3.63) is 36.0 Å². The largest absolute Gasteiger partial charge is 0.494 e. The second-order valence-corrected chi connectivity index (χ2v) is 10.1. The highest BCUT2D eigenvalue weighted by atomic mass is 16.7. The van der Waals surface area contributed by atoms with Gasteiger partial charge in [0.05, 0.1) is 26.0 Å². The van der Waals surface area contributed by atoms with E-state index < -0.39 is 29.2 Å². The topological polar surface area (TPSA) is 109 Å². The van der Waals surface area contributed by atoms with Crippen molar-refractivity contribution >= 4 is 18.0 Å². The van der Waals surface area contributed by atoms with Crippen molar-refractivity contribution < 1.29 is 33.3 Å². The summed E-state index contributed by atoms with van der Waals surface area (Å²) in [5.41, 5.74) is -0.398. The van der Waals surface area contributed by atoms with Gasteiger partial charge in [-0.2, -0.15) is 4.90 Å². The zero-order chi connectivity index (χ0) is 26.0. The zero-order valence-corrected chi connectivity index (χ0v) is 21.5. The van der Waals surface area contributed by atoms with Gasteiger partial charge in [0.1, 0.15) is 34.2 Å². The summed E-state index contributed by atoms with van der Waals surface area (Å²) in [6.45, 7) is 12.9. The van der Waals surface area contributed by atoms with Gasteiger partial charge >= 0.3 is 12.2 Å². The summed E-state index contributed by atoms with van der Waals surface area (Å²) in [6, 6.07) is 8.35. The first-order valence-electron chi connectivity index (χ1n) is 11.3. The van der Waals surface area contributed by atoms with Crippen molar-refractivity contribution in [3.8, 4) is 17.1 Å². The maximum atomic E-state index is 13.0. The fraction of sp³-hybridized carbons (Fsp3) is 0.520. The SMILES string of the molecule is COc1ccc(C2(C)OCCO2)nc1-c1cccc(N(C(=O)OC(C)(C)C)C(=O)OC(C)(C)C)n1. The molecule has 1 saturated heterocycles. The summed E-state index contributed by atoms with van der Waals surface area (Å²) >= 11 is 0. The van der Waals surface area contributed by atoms with Crippen LogP contribution in [0.5, 0.6) is 5.75 Å². The molecule has 0 saturated carbocycles. The van der Waals surface area contributed by atoms with Crippen LogP contribution in [0.3, 0.4) is 0 Å². The molecule has 3 heterocycles. The monoisotopic (exact) mass is 487 g/mol. The zero-order valence-electron chi connectivity index (χ0n) is 21.5. The predicted octanol–water partition coefficient (Wildman–Crippen LogP) is 5.05. The van der Waals surface area contributed by atoms with Crippen molar-refractivity contribution in [1.29, 1.82) is 0 Å². The maximum Gasteiger partial charge on any atom is 0.425 e. The van der Waals surface area contributed by atoms with Crippen LogP contribution >= 0.6 is 0 Å². The number of nitrogens with zero attached hydrogens (tertiary/aromatic N) is 3. The molecule has 1 fully saturated rings. The Bertz CT molecular complexity index is 1060. The van der Waals surface area contributed by atoms with Gasteiger partial charge in [-0.15, -0.1) is 0 Å². The van der Waals surface area contributed by atoms with Gasteiger partial charge in [0, 0.05) is 0 Å². The van der Waals surface area contributed by atoms with Crippen LogP contribution in [0.25, 0.3) is 11.4 Å². The number of hydrogen-bond donors (Lipinski definition) is 0. The highest BCUT2D eigenvalue weighted by Gasteiger charge is 2.36. The van der Waals surface area contributed by atoms with E-state index in [4.69, 9.17) is 23.7 Å². The Morgan fingerprint density at radius 3 is 2.00 bits per heavy atom. The van der Waals surface area contributed by atoms with Gasteiger partial charge in [0.2, 0.25) is 5.79 Å². The minimum absolute atomic E-state index is 0.0137. The lowest BCUT2D eigenvalue weighted by Gasteiger charge is -2.28. The summed E-state index contributed by atoms with van der Waals surface area (Å²) in [5, 5.41) is 0. The minimum Gasteiger partial charge on any atom is -0.494 e. The lowest BCUT2D eigenvalue weighted by atomic mass is 10.1. The van der Waals surface area contributed by atoms with Crippen LogP contribution in [-0.2, 0) is 24.7 Å². The third-order valence-corrected chi connectivity index (χ3v) is 4.74. The number of anilines is 1. The van der Waals surface area contributed by atoms with Gasteiger partial charge in [-0.1, -0.05) is 6.07 Å². The van der Waals surface area contributed by atoms with E-state index in [1.165, 1.54) is 13.2 Å². The third kappa shape index (κ3) is 6.46. The maximum absolute atomic E-state index is 13.0. The number of hydrogen-bond acceptors (Lipinski definition) is 9. The van der Waals surface area contributed by atoms with E-state index >= 15 is 0 Å². The molecule has 0 aliphatic carbocycles. The molecule has 0 atom stereocenters. The number of ether oxygens (including phenoxy) is 5. The Balaban J connectivity index is 2.07. The highest BCUT2D eigenvalue weighted by molar-refractivity contribution is 6.08. The first kappa shape index (κ1) is 26.4. The lowest BCUT2D eigenvalue weighted by Crippen LogP contribution is -2.44. The molecule has 0 N–H and O–H groups in total. The molecule has 3 rings (SSSR count). The van der Waals surface area contributed by atoms with Crippen molar-refractivity contribution in [2.24, 2.45) is 0 Å². The number of aromatic nitrogens is 2. The summed E-state index contributed by atoms with van der Waals surface area (Å²) in [6.07, 6.45) is -1.82. The van der Waals surface area contributed by atoms with Crippen LogP contribution in [0.15, 0.2) is 30.3 Å². The fourth-order valence-corrected chi connectivity index (χ4v) is 3.27. The smallest absolute Gasteiger partial charge is 0.425 e. The molecule has 0 bridgehead atoms. The van der Waals surface area contributed by atoms with E-state index in [-0.39, 0.29) is 5.82 Å². The first-order valence-corrected chi connectivity index (χ1v) is 11.3. The molecule has 10 nitrogen and oxygen atoms in total. The van der Waals surface area contributed by atoms with Crippen LogP contribution in [0.2, 0.25) is 0 Å². The number of carbonyl (C=O) groups is 2. The minimum atomic E-state index is -1.00. The van der Waals surface area contributed by atoms with Crippen LogP contribution < -0.4 is 9.64 Å². The molecule has 2 aromatic rings. The molecule has 2 amide bonds. The molecule has 0 spiro atoms. The molecule has 0 unspecified atom stereocenters. The molecule has 0 radical (unpaired) electrons. The summed E-state index contributed by atoms with van der Waals surface area (Å²) in [4.78, 5) is 36.0. The van der Waals surface area contributed by atoms with Gasteiger partial charge in [-0.3, -0.25) is 0 Å². The van der Waals surface area contributed by atoms with E-state index in [0.717, 1.165) is 4.90 Å². The average molecular weight is 488 g/mol. The average Bonchev–Trinajstić information content (AvgIpc) is 3.18. The molecule has 35 heavy (non-hydrogen) atoms. The number of amides is 2. The summed E-state index contributed by atoms with van der Waals surface area (Å²) in [5.74, 6) is -0.543. The third-order valence-electron chi connectivity index (χ3n) is 4.74.